The molecule has 2 rings (SSSR count). The Hall–Kier alpha value is -1.42. The lowest BCUT2D eigenvalue weighted by molar-refractivity contribution is 0.772. The molecule has 2 aromatic heterocycles. The van der Waals surface area contributed by atoms with Gasteiger partial charge in [-0.05, 0) is 26.8 Å². The Morgan fingerprint density at radius 3 is 2.38 bits per heavy atom. The molecule has 0 aromatic carbocycles. The van der Waals surface area contributed by atoms with E-state index in [4.69, 9.17) is 11.6 Å². The molecule has 0 spiro atoms. The van der Waals surface area contributed by atoms with Gasteiger partial charge in [-0.1, -0.05) is 0 Å². The molecular weight excluding hydrogens is 224 g/mol. The molecule has 0 fully saturated rings. The maximum absolute atomic E-state index is 6.12. The van der Waals surface area contributed by atoms with Gasteiger partial charge in [-0.3, -0.25) is 0 Å². The van der Waals surface area contributed by atoms with Crippen molar-refractivity contribution in [2.75, 3.05) is 0 Å². The fourth-order valence-corrected chi connectivity index (χ4v) is 2.14. The van der Waals surface area contributed by atoms with Gasteiger partial charge in [-0.2, -0.15) is 5.10 Å². The van der Waals surface area contributed by atoms with Gasteiger partial charge in [0.15, 0.2) is 0 Å². The normalized spacial score (nSPS) is 12.8. The van der Waals surface area contributed by atoms with Gasteiger partial charge in [0.2, 0.25) is 0 Å². The summed E-state index contributed by atoms with van der Waals surface area (Å²) in [5.41, 5.74) is 2.97. The van der Waals surface area contributed by atoms with Crippen LogP contribution in [0.25, 0.3) is 5.95 Å². The summed E-state index contributed by atoms with van der Waals surface area (Å²) < 4.78 is 1.73. The lowest BCUT2D eigenvalue weighted by atomic mass is 10.1. The summed E-state index contributed by atoms with van der Waals surface area (Å²) in [5, 5.41) is 4.35. The third-order valence-corrected chi connectivity index (χ3v) is 2.70. The van der Waals surface area contributed by atoms with Crippen LogP contribution in [0.5, 0.6) is 0 Å². The molecule has 16 heavy (non-hydrogen) atoms. The zero-order valence-electron chi connectivity index (χ0n) is 9.48. The molecule has 0 bridgehead atoms. The monoisotopic (exact) mass is 236 g/mol. The van der Waals surface area contributed by atoms with Gasteiger partial charge in [0.05, 0.1) is 11.1 Å². The van der Waals surface area contributed by atoms with E-state index < -0.39 is 0 Å². The van der Waals surface area contributed by atoms with E-state index in [1.54, 1.807) is 23.1 Å². The summed E-state index contributed by atoms with van der Waals surface area (Å²) in [4.78, 5) is 8.34. The predicted molar refractivity (Wildman–Crippen MR) is 62.9 cm³/mol. The van der Waals surface area contributed by atoms with E-state index in [9.17, 15) is 0 Å². The minimum absolute atomic E-state index is 0.0579. The molecule has 0 saturated heterocycles. The van der Waals surface area contributed by atoms with E-state index in [1.165, 1.54) is 0 Å². The number of rotatable bonds is 2. The first-order valence-electron chi connectivity index (χ1n) is 5.09. The number of alkyl halides is 1. The molecule has 1 atom stereocenters. The fourth-order valence-electron chi connectivity index (χ4n) is 1.83. The second-order valence-electron chi connectivity index (χ2n) is 3.66. The molecule has 0 aliphatic rings. The number of aromatic nitrogens is 4. The molecule has 0 aliphatic carbocycles. The smallest absolute Gasteiger partial charge is 0.220 e. The third kappa shape index (κ3) is 1.80. The Balaban J connectivity index is 2.56. The van der Waals surface area contributed by atoms with Gasteiger partial charge in [-0.25, -0.2) is 14.6 Å². The molecule has 0 aliphatic heterocycles. The molecular formula is C11H13ClN4. The molecule has 2 heterocycles. The molecule has 0 N–H and O–H groups in total. The molecule has 84 valence electrons. The quantitative estimate of drug-likeness (QED) is 0.753. The average molecular weight is 237 g/mol. The number of hydrogen-bond donors (Lipinski definition) is 0. The predicted octanol–water partition coefficient (Wildman–Crippen LogP) is 2.58. The standard InChI is InChI=1S/C11H13ClN4/c1-7(12)10-8(2)15-16(9(10)3)11-13-5-4-6-14-11/h4-7H,1-3H3. The van der Waals surface area contributed by atoms with Crippen LogP contribution >= 0.6 is 11.6 Å². The minimum Gasteiger partial charge on any atom is -0.220 e. The van der Waals surface area contributed by atoms with Crippen LogP contribution in [0.1, 0.15) is 29.3 Å². The van der Waals surface area contributed by atoms with Crippen LogP contribution in [0.4, 0.5) is 0 Å². The number of hydrogen-bond acceptors (Lipinski definition) is 3. The first-order chi connectivity index (χ1) is 7.61. The van der Waals surface area contributed by atoms with E-state index in [2.05, 4.69) is 15.1 Å². The van der Waals surface area contributed by atoms with Gasteiger partial charge in [0, 0.05) is 23.7 Å². The molecule has 0 radical (unpaired) electrons. The second-order valence-corrected chi connectivity index (χ2v) is 4.32. The van der Waals surface area contributed by atoms with Crippen LogP contribution in [0, 0.1) is 13.8 Å². The van der Waals surface area contributed by atoms with Crippen LogP contribution in [0.3, 0.4) is 0 Å². The van der Waals surface area contributed by atoms with Gasteiger partial charge < -0.3 is 0 Å². The number of nitrogens with zero attached hydrogens (tertiary/aromatic N) is 4. The van der Waals surface area contributed by atoms with Crippen molar-refractivity contribution in [3.8, 4) is 5.95 Å². The zero-order valence-corrected chi connectivity index (χ0v) is 10.2. The minimum atomic E-state index is -0.0579. The van der Waals surface area contributed by atoms with Crippen molar-refractivity contribution in [3.63, 3.8) is 0 Å². The summed E-state index contributed by atoms with van der Waals surface area (Å²) in [6.45, 7) is 5.86. The Kier molecular flexibility index (Phi) is 2.92. The van der Waals surface area contributed by atoms with Crippen LogP contribution in [0.2, 0.25) is 0 Å². The molecule has 5 heteroatoms. The first-order valence-corrected chi connectivity index (χ1v) is 5.52. The Morgan fingerprint density at radius 2 is 1.88 bits per heavy atom. The Bertz CT molecular complexity index is 490. The molecule has 2 aromatic rings. The van der Waals surface area contributed by atoms with Crippen molar-refractivity contribution in [3.05, 3.63) is 35.4 Å². The topological polar surface area (TPSA) is 43.6 Å². The van der Waals surface area contributed by atoms with Crippen molar-refractivity contribution in [2.45, 2.75) is 26.1 Å². The van der Waals surface area contributed by atoms with Crippen molar-refractivity contribution >= 4 is 11.6 Å². The van der Waals surface area contributed by atoms with Gasteiger partial charge in [-0.15, -0.1) is 11.6 Å². The van der Waals surface area contributed by atoms with Gasteiger partial charge in [0.25, 0.3) is 5.95 Å². The third-order valence-electron chi connectivity index (χ3n) is 2.49. The highest BCUT2D eigenvalue weighted by Gasteiger charge is 2.17. The van der Waals surface area contributed by atoms with Crippen LogP contribution in [0.15, 0.2) is 18.5 Å². The molecule has 0 saturated carbocycles. The van der Waals surface area contributed by atoms with E-state index in [1.807, 2.05) is 20.8 Å². The van der Waals surface area contributed by atoms with E-state index in [-0.39, 0.29) is 5.38 Å². The fraction of sp³-hybridized carbons (Fsp3) is 0.364. The Labute approximate surface area is 99.3 Å². The summed E-state index contributed by atoms with van der Waals surface area (Å²) in [7, 11) is 0. The van der Waals surface area contributed by atoms with Crippen LogP contribution < -0.4 is 0 Å². The number of aryl methyl sites for hydroxylation is 1. The highest BCUT2D eigenvalue weighted by atomic mass is 35.5. The maximum atomic E-state index is 6.12. The van der Waals surface area contributed by atoms with Gasteiger partial charge in [0.1, 0.15) is 0 Å². The summed E-state index contributed by atoms with van der Waals surface area (Å²) in [6.07, 6.45) is 3.39. The highest BCUT2D eigenvalue weighted by molar-refractivity contribution is 6.20. The summed E-state index contributed by atoms with van der Waals surface area (Å²) >= 11 is 6.12. The van der Waals surface area contributed by atoms with Crippen molar-refractivity contribution in [1.82, 2.24) is 19.7 Å². The van der Waals surface area contributed by atoms with Crippen molar-refractivity contribution < 1.29 is 0 Å². The second kappa shape index (κ2) is 4.22. The van der Waals surface area contributed by atoms with Crippen LogP contribution in [-0.2, 0) is 0 Å². The molecule has 1 unspecified atom stereocenters. The number of halogens is 1. The summed E-state index contributed by atoms with van der Waals surface area (Å²) in [6, 6.07) is 1.78. The largest absolute Gasteiger partial charge is 0.250 e. The molecule has 4 nitrogen and oxygen atoms in total. The SMILES string of the molecule is Cc1nn(-c2ncccn2)c(C)c1C(C)Cl. The zero-order chi connectivity index (χ0) is 11.7. The average Bonchev–Trinajstić information content (AvgIpc) is 2.55. The van der Waals surface area contributed by atoms with Gasteiger partial charge >= 0.3 is 0 Å². The van der Waals surface area contributed by atoms with Crippen LogP contribution in [-0.4, -0.2) is 19.7 Å². The van der Waals surface area contributed by atoms with Crippen molar-refractivity contribution in [2.24, 2.45) is 0 Å². The lowest BCUT2D eigenvalue weighted by Crippen LogP contribution is -2.04. The first kappa shape index (κ1) is 11.1. The van der Waals surface area contributed by atoms with E-state index in [0.717, 1.165) is 17.0 Å². The van der Waals surface area contributed by atoms with E-state index in [0.29, 0.717) is 5.95 Å². The lowest BCUT2D eigenvalue weighted by Gasteiger charge is -2.04. The highest BCUT2D eigenvalue weighted by Crippen LogP contribution is 2.26. The molecule has 0 amide bonds. The van der Waals surface area contributed by atoms with E-state index >= 15 is 0 Å². The Morgan fingerprint density at radius 1 is 1.25 bits per heavy atom. The maximum Gasteiger partial charge on any atom is 0.250 e. The van der Waals surface area contributed by atoms with Crippen molar-refractivity contribution in [1.29, 1.82) is 0 Å². The summed E-state index contributed by atoms with van der Waals surface area (Å²) in [5.74, 6) is 0.576.